The van der Waals surface area contributed by atoms with Crippen LogP contribution >= 0.6 is 0 Å². The van der Waals surface area contributed by atoms with Gasteiger partial charge in [0.2, 0.25) is 0 Å². The molecule has 1 atom stereocenters. The van der Waals surface area contributed by atoms with Crippen LogP contribution in [0.15, 0.2) is 54.6 Å². The van der Waals surface area contributed by atoms with Crippen LogP contribution in [0.1, 0.15) is 18.1 Å². The molecule has 25 heavy (non-hydrogen) atoms. The molecule has 1 fully saturated rings. The van der Waals surface area contributed by atoms with Crippen molar-refractivity contribution in [3.63, 3.8) is 0 Å². The predicted molar refractivity (Wildman–Crippen MR) is 92.9 cm³/mol. The maximum Gasteiger partial charge on any atom is 0.327 e. The van der Waals surface area contributed by atoms with Gasteiger partial charge in [0.25, 0.3) is 0 Å². The van der Waals surface area contributed by atoms with E-state index in [4.69, 9.17) is 14.2 Å². The topological polar surface area (TPSA) is 61.8 Å². The summed E-state index contributed by atoms with van der Waals surface area (Å²) in [5, 5.41) is 2.08. The van der Waals surface area contributed by atoms with E-state index in [0.717, 1.165) is 16.3 Å². The monoisotopic (exact) mass is 340 g/mol. The highest BCUT2D eigenvalue weighted by Gasteiger charge is 2.55. The van der Waals surface area contributed by atoms with E-state index in [9.17, 15) is 9.59 Å². The van der Waals surface area contributed by atoms with Gasteiger partial charge in [0.05, 0.1) is 26.9 Å². The van der Waals surface area contributed by atoms with E-state index in [0.29, 0.717) is 5.57 Å². The number of esters is 2. The van der Waals surface area contributed by atoms with Crippen LogP contribution in [0.2, 0.25) is 0 Å². The number of carbonyl (C=O) groups excluding carboxylic acids is 2. The van der Waals surface area contributed by atoms with E-state index >= 15 is 0 Å². The summed E-state index contributed by atoms with van der Waals surface area (Å²) in [7, 11) is 2.51. The molecular weight excluding hydrogens is 320 g/mol. The van der Waals surface area contributed by atoms with Crippen molar-refractivity contribution in [2.45, 2.75) is 12.5 Å². The fourth-order valence-corrected chi connectivity index (χ4v) is 3.42. The van der Waals surface area contributed by atoms with Crippen LogP contribution in [0.4, 0.5) is 0 Å². The lowest BCUT2D eigenvalue weighted by molar-refractivity contribution is -0.172. The van der Waals surface area contributed by atoms with Crippen molar-refractivity contribution >= 4 is 22.7 Å². The SMILES string of the molecule is C=C1COC(c2cccc3ccccc23)CC1(C(=O)OC)C(=O)OC. The zero-order valence-electron chi connectivity index (χ0n) is 14.3. The number of hydrogen-bond donors (Lipinski definition) is 0. The quantitative estimate of drug-likeness (QED) is 0.488. The Morgan fingerprint density at radius 1 is 1.08 bits per heavy atom. The lowest BCUT2D eigenvalue weighted by atomic mass is 9.73. The van der Waals surface area contributed by atoms with Crippen LogP contribution in [-0.4, -0.2) is 32.8 Å². The first kappa shape index (κ1) is 17.2. The van der Waals surface area contributed by atoms with Gasteiger partial charge in [0.1, 0.15) is 0 Å². The second-order valence-electron chi connectivity index (χ2n) is 6.06. The van der Waals surface area contributed by atoms with Gasteiger partial charge in [-0.1, -0.05) is 49.0 Å². The Kier molecular flexibility index (Phi) is 4.59. The van der Waals surface area contributed by atoms with E-state index in [1.165, 1.54) is 14.2 Å². The van der Waals surface area contributed by atoms with Gasteiger partial charge in [-0.25, -0.2) is 0 Å². The minimum absolute atomic E-state index is 0.0814. The Morgan fingerprint density at radius 3 is 2.40 bits per heavy atom. The third-order valence-electron chi connectivity index (χ3n) is 4.79. The molecular formula is C20H20O5. The molecule has 0 spiro atoms. The summed E-state index contributed by atoms with van der Waals surface area (Å²) < 4.78 is 15.7. The summed E-state index contributed by atoms with van der Waals surface area (Å²) in [5.41, 5.74) is -0.283. The molecule has 1 heterocycles. The number of hydrogen-bond acceptors (Lipinski definition) is 5. The molecule has 130 valence electrons. The number of ether oxygens (including phenoxy) is 3. The second-order valence-corrected chi connectivity index (χ2v) is 6.06. The average Bonchev–Trinajstić information content (AvgIpc) is 2.66. The number of carbonyl (C=O) groups is 2. The molecule has 0 N–H and O–H groups in total. The minimum Gasteiger partial charge on any atom is -0.468 e. The molecule has 0 aliphatic carbocycles. The van der Waals surface area contributed by atoms with Gasteiger partial charge in [0, 0.05) is 6.42 Å². The molecule has 3 rings (SSSR count). The van der Waals surface area contributed by atoms with E-state index in [1.54, 1.807) is 0 Å². The van der Waals surface area contributed by atoms with Crippen molar-refractivity contribution < 1.29 is 23.8 Å². The summed E-state index contributed by atoms with van der Waals surface area (Å²) in [4.78, 5) is 25.0. The molecule has 0 saturated carbocycles. The van der Waals surface area contributed by atoms with Crippen LogP contribution in [0.25, 0.3) is 10.8 Å². The van der Waals surface area contributed by atoms with E-state index in [-0.39, 0.29) is 13.0 Å². The highest BCUT2D eigenvalue weighted by atomic mass is 16.5. The fourth-order valence-electron chi connectivity index (χ4n) is 3.42. The van der Waals surface area contributed by atoms with Crippen molar-refractivity contribution in [1.82, 2.24) is 0 Å². The Morgan fingerprint density at radius 2 is 1.72 bits per heavy atom. The van der Waals surface area contributed by atoms with E-state index in [2.05, 4.69) is 6.58 Å². The predicted octanol–water partition coefficient (Wildman–Crippen LogP) is 3.19. The van der Waals surface area contributed by atoms with Gasteiger partial charge in [-0.3, -0.25) is 9.59 Å². The number of rotatable bonds is 3. The van der Waals surface area contributed by atoms with E-state index in [1.807, 2.05) is 42.5 Å². The molecule has 2 aromatic carbocycles. The van der Waals surface area contributed by atoms with Crippen molar-refractivity contribution in [3.8, 4) is 0 Å². The van der Waals surface area contributed by atoms with Gasteiger partial charge >= 0.3 is 11.9 Å². The first-order valence-electron chi connectivity index (χ1n) is 7.99. The molecule has 0 aromatic heterocycles. The molecule has 5 nitrogen and oxygen atoms in total. The molecule has 0 bridgehead atoms. The van der Waals surface area contributed by atoms with Gasteiger partial charge in [-0.05, 0) is 21.9 Å². The van der Waals surface area contributed by atoms with Gasteiger partial charge in [-0.2, -0.15) is 0 Å². The highest BCUT2D eigenvalue weighted by Crippen LogP contribution is 2.46. The molecule has 2 aromatic rings. The van der Waals surface area contributed by atoms with E-state index < -0.39 is 23.5 Å². The first-order chi connectivity index (χ1) is 12.0. The van der Waals surface area contributed by atoms with Crippen molar-refractivity contribution in [2.75, 3.05) is 20.8 Å². The van der Waals surface area contributed by atoms with Crippen LogP contribution in [0.3, 0.4) is 0 Å². The standard InChI is InChI=1S/C20H20O5/c1-13-12-25-17(11-20(13,18(21)23-2)19(22)24-3)16-10-6-8-14-7-4-5-9-15(14)16/h4-10,17H,1,11-12H2,2-3H3. The van der Waals surface area contributed by atoms with Gasteiger partial charge < -0.3 is 14.2 Å². The highest BCUT2D eigenvalue weighted by molar-refractivity contribution is 6.03. The van der Waals surface area contributed by atoms with Crippen molar-refractivity contribution in [1.29, 1.82) is 0 Å². The molecule has 0 radical (unpaired) electrons. The normalized spacial score (nSPS) is 19.4. The largest absolute Gasteiger partial charge is 0.468 e. The second kappa shape index (κ2) is 6.69. The molecule has 1 aliphatic heterocycles. The average molecular weight is 340 g/mol. The minimum atomic E-state index is -1.55. The Balaban J connectivity index is 2.08. The molecule has 5 heteroatoms. The Hall–Kier alpha value is -2.66. The maximum atomic E-state index is 12.5. The number of fused-ring (bicyclic) bond motifs is 1. The zero-order chi connectivity index (χ0) is 18.0. The van der Waals surface area contributed by atoms with Crippen LogP contribution < -0.4 is 0 Å². The maximum absolute atomic E-state index is 12.5. The lowest BCUT2D eigenvalue weighted by Crippen LogP contribution is -2.47. The molecule has 1 saturated heterocycles. The Bertz CT molecular complexity index is 804. The summed E-state index contributed by atoms with van der Waals surface area (Å²) in [6.45, 7) is 3.95. The Labute approximate surface area is 146 Å². The molecule has 0 amide bonds. The van der Waals surface area contributed by atoms with Crippen LogP contribution in [0, 0.1) is 5.41 Å². The lowest BCUT2D eigenvalue weighted by Gasteiger charge is -2.38. The summed E-state index contributed by atoms with van der Waals surface area (Å²) in [6.07, 6.45) is -0.353. The van der Waals surface area contributed by atoms with Crippen LogP contribution in [-0.2, 0) is 23.8 Å². The van der Waals surface area contributed by atoms with Crippen molar-refractivity contribution in [3.05, 3.63) is 60.2 Å². The smallest absolute Gasteiger partial charge is 0.327 e. The van der Waals surface area contributed by atoms with Crippen LogP contribution in [0.5, 0.6) is 0 Å². The van der Waals surface area contributed by atoms with Crippen molar-refractivity contribution in [2.24, 2.45) is 5.41 Å². The van der Waals surface area contributed by atoms with Gasteiger partial charge in [0.15, 0.2) is 5.41 Å². The summed E-state index contributed by atoms with van der Waals surface area (Å²) >= 11 is 0. The number of methoxy groups -OCH3 is 2. The molecule has 1 unspecified atom stereocenters. The summed E-state index contributed by atoms with van der Waals surface area (Å²) in [6, 6.07) is 13.8. The third-order valence-corrected chi connectivity index (χ3v) is 4.79. The third kappa shape index (κ3) is 2.70. The fraction of sp³-hybridized carbons (Fsp3) is 0.300. The zero-order valence-corrected chi connectivity index (χ0v) is 14.3. The van der Waals surface area contributed by atoms with Gasteiger partial charge in [-0.15, -0.1) is 0 Å². The molecule has 1 aliphatic rings. The first-order valence-corrected chi connectivity index (χ1v) is 7.99. The number of benzene rings is 2. The summed E-state index contributed by atoms with van der Waals surface area (Å²) in [5.74, 6) is -1.34.